The Hall–Kier alpha value is -0.980. The molecular weight excluding hydrogens is 405 g/mol. The molecule has 1 unspecified atom stereocenters. The lowest BCUT2D eigenvalue weighted by Gasteiger charge is -2.44. The van der Waals surface area contributed by atoms with Crippen LogP contribution in [-0.4, -0.2) is 29.0 Å². The van der Waals surface area contributed by atoms with Gasteiger partial charge < -0.3 is 9.47 Å². The van der Waals surface area contributed by atoms with Gasteiger partial charge in [0.05, 0.1) is 42.6 Å². The fourth-order valence-electron chi connectivity index (χ4n) is 4.18. The van der Waals surface area contributed by atoms with Gasteiger partial charge >= 0.3 is 6.09 Å². The van der Waals surface area contributed by atoms with Crippen molar-refractivity contribution in [2.24, 2.45) is 5.92 Å². The zero-order valence-corrected chi connectivity index (χ0v) is 15.9. The third-order valence-electron chi connectivity index (χ3n) is 5.23. The number of rotatable bonds is 3. The number of carbonyl (C=O) groups is 1. The molecular formula is C18H24INO3. The minimum absolute atomic E-state index is 0.209. The van der Waals surface area contributed by atoms with Crippen LogP contribution in [0.15, 0.2) is 18.2 Å². The maximum atomic E-state index is 12.2. The lowest BCUT2D eigenvalue weighted by Crippen LogP contribution is -2.46. The lowest BCUT2D eigenvalue weighted by atomic mass is 9.66. The smallest absolute Gasteiger partial charge is 0.418 e. The van der Waals surface area contributed by atoms with Gasteiger partial charge in [0.2, 0.25) is 0 Å². The summed E-state index contributed by atoms with van der Waals surface area (Å²) < 4.78 is 12.4. The zero-order chi connectivity index (χ0) is 16.4. The van der Waals surface area contributed by atoms with Crippen molar-refractivity contribution in [1.82, 2.24) is 3.11 Å². The largest absolute Gasteiger partial charge is 0.497 e. The number of hydrogen-bond donors (Lipinski definition) is 0. The number of methoxy groups -OCH3 is 1. The highest BCUT2D eigenvalue weighted by molar-refractivity contribution is 14.1. The van der Waals surface area contributed by atoms with Gasteiger partial charge in [0.25, 0.3) is 0 Å². The molecule has 0 aliphatic heterocycles. The zero-order valence-electron chi connectivity index (χ0n) is 13.8. The molecule has 1 aromatic carbocycles. The highest BCUT2D eigenvalue weighted by Crippen LogP contribution is 2.48. The predicted molar refractivity (Wildman–Crippen MR) is 98.1 cm³/mol. The van der Waals surface area contributed by atoms with Gasteiger partial charge in [-0.1, -0.05) is 18.9 Å². The highest BCUT2D eigenvalue weighted by atomic mass is 127. The van der Waals surface area contributed by atoms with Crippen molar-refractivity contribution in [2.45, 2.75) is 51.0 Å². The molecule has 1 saturated carbocycles. The fraction of sp³-hybridized carbons (Fsp3) is 0.611. The molecule has 3 atom stereocenters. The minimum atomic E-state index is -0.209. The Kier molecular flexibility index (Phi) is 5.34. The van der Waals surface area contributed by atoms with Crippen LogP contribution in [-0.2, 0) is 11.2 Å². The number of hydrogen-bond acceptors (Lipinski definition) is 3. The third-order valence-corrected chi connectivity index (χ3v) is 6.34. The molecule has 3 rings (SSSR count). The summed E-state index contributed by atoms with van der Waals surface area (Å²) in [6.45, 7) is 2.28. The Morgan fingerprint density at radius 2 is 2.13 bits per heavy atom. The first kappa shape index (κ1) is 16.9. The summed E-state index contributed by atoms with van der Waals surface area (Å²) in [7, 11) is 1.72. The second-order valence-corrected chi connectivity index (χ2v) is 7.44. The highest BCUT2D eigenvalue weighted by Gasteiger charge is 2.42. The van der Waals surface area contributed by atoms with E-state index >= 15 is 0 Å². The first-order valence-corrected chi connectivity index (χ1v) is 9.40. The van der Waals surface area contributed by atoms with Gasteiger partial charge in [0, 0.05) is 0 Å². The first-order chi connectivity index (χ1) is 11.2. The van der Waals surface area contributed by atoms with E-state index in [1.165, 1.54) is 36.8 Å². The molecule has 23 heavy (non-hydrogen) atoms. The molecule has 1 fully saturated rings. The number of halogens is 1. The number of nitrogens with zero attached hydrogens (tertiary/aromatic N) is 1. The molecule has 0 saturated heterocycles. The maximum Gasteiger partial charge on any atom is 0.418 e. The van der Waals surface area contributed by atoms with Crippen molar-refractivity contribution in [3.63, 3.8) is 0 Å². The first-order valence-electron chi connectivity index (χ1n) is 8.44. The lowest BCUT2D eigenvalue weighted by molar-refractivity contribution is 0.108. The van der Waals surface area contributed by atoms with Gasteiger partial charge in [-0.3, -0.25) is 0 Å². The quantitative estimate of drug-likeness (QED) is 0.517. The standard InChI is InChI=1S/C18H24INO3/c1-3-23-18(21)20(19)17-10-12-8-9-13(22-2)11-16(12)14-6-4-5-7-15(14)17/h8-9,11,14-15,17H,3-7,10H2,1-2H3/t14?,15-,17-/m0/s1. The molecule has 2 aliphatic carbocycles. The Labute approximate surface area is 152 Å². The number of fused-ring (bicyclic) bond motifs is 3. The van der Waals surface area contributed by atoms with E-state index in [2.05, 4.69) is 35.0 Å². The Morgan fingerprint density at radius 3 is 2.87 bits per heavy atom. The van der Waals surface area contributed by atoms with E-state index in [4.69, 9.17) is 9.47 Å². The van der Waals surface area contributed by atoms with E-state index in [9.17, 15) is 4.79 Å². The van der Waals surface area contributed by atoms with E-state index in [0.717, 1.165) is 12.2 Å². The van der Waals surface area contributed by atoms with E-state index in [0.29, 0.717) is 18.4 Å². The average Bonchev–Trinajstić information content (AvgIpc) is 2.60. The van der Waals surface area contributed by atoms with Crippen LogP contribution in [0.2, 0.25) is 0 Å². The van der Waals surface area contributed by atoms with Crippen molar-refractivity contribution in [1.29, 1.82) is 0 Å². The van der Waals surface area contributed by atoms with E-state index in [1.54, 1.807) is 10.2 Å². The van der Waals surface area contributed by atoms with Crippen LogP contribution in [0.25, 0.3) is 0 Å². The maximum absolute atomic E-state index is 12.2. The Bertz CT molecular complexity index is 577. The summed E-state index contributed by atoms with van der Waals surface area (Å²) in [4.78, 5) is 12.2. The molecule has 0 N–H and O–H groups in total. The molecule has 0 radical (unpaired) electrons. The van der Waals surface area contributed by atoms with Crippen LogP contribution < -0.4 is 4.74 Å². The Balaban J connectivity index is 1.92. The van der Waals surface area contributed by atoms with Crippen molar-refractivity contribution in [2.75, 3.05) is 13.7 Å². The van der Waals surface area contributed by atoms with E-state index in [-0.39, 0.29) is 12.1 Å². The van der Waals surface area contributed by atoms with Crippen LogP contribution in [0.3, 0.4) is 0 Å². The van der Waals surface area contributed by atoms with Crippen LogP contribution in [0.4, 0.5) is 4.79 Å². The van der Waals surface area contributed by atoms with Gasteiger partial charge in [0.15, 0.2) is 0 Å². The molecule has 1 amide bonds. The topological polar surface area (TPSA) is 38.8 Å². The summed E-state index contributed by atoms with van der Waals surface area (Å²) in [6, 6.07) is 6.62. The van der Waals surface area contributed by atoms with Gasteiger partial charge in [-0.25, -0.2) is 7.91 Å². The number of benzene rings is 1. The molecule has 0 spiro atoms. The van der Waals surface area contributed by atoms with Crippen molar-refractivity contribution in [3.05, 3.63) is 29.3 Å². The number of ether oxygens (including phenoxy) is 2. The van der Waals surface area contributed by atoms with Gasteiger partial charge in [-0.15, -0.1) is 0 Å². The predicted octanol–water partition coefficient (Wildman–Crippen LogP) is 4.70. The molecule has 0 aromatic heterocycles. The van der Waals surface area contributed by atoms with Gasteiger partial charge in [0.1, 0.15) is 5.75 Å². The SMILES string of the molecule is CCOC(=O)N(I)[C@H]1Cc2ccc(OC)cc2C2CCCC[C@@H]21. The normalized spacial score (nSPS) is 26.0. The van der Waals surface area contributed by atoms with Crippen LogP contribution >= 0.6 is 22.9 Å². The van der Waals surface area contributed by atoms with Crippen LogP contribution in [0.5, 0.6) is 5.75 Å². The van der Waals surface area contributed by atoms with Crippen LogP contribution in [0, 0.1) is 5.92 Å². The molecule has 1 aromatic rings. The Morgan fingerprint density at radius 1 is 1.35 bits per heavy atom. The number of amides is 1. The summed E-state index contributed by atoms with van der Waals surface area (Å²) in [5.41, 5.74) is 2.78. The summed E-state index contributed by atoms with van der Waals surface area (Å²) in [5, 5.41) is 0. The minimum Gasteiger partial charge on any atom is -0.497 e. The molecule has 0 heterocycles. The van der Waals surface area contributed by atoms with Crippen molar-refractivity contribution >= 4 is 29.0 Å². The van der Waals surface area contributed by atoms with Crippen LogP contribution in [0.1, 0.15) is 49.7 Å². The van der Waals surface area contributed by atoms with E-state index < -0.39 is 0 Å². The monoisotopic (exact) mass is 429 g/mol. The second kappa shape index (κ2) is 7.28. The molecule has 126 valence electrons. The molecule has 4 nitrogen and oxygen atoms in total. The third kappa shape index (κ3) is 3.30. The average molecular weight is 429 g/mol. The molecule has 5 heteroatoms. The van der Waals surface area contributed by atoms with Gasteiger partial charge in [-0.2, -0.15) is 0 Å². The molecule has 0 bridgehead atoms. The summed E-state index contributed by atoms with van der Waals surface area (Å²) >= 11 is 2.15. The van der Waals surface area contributed by atoms with Crippen molar-refractivity contribution in [3.8, 4) is 5.75 Å². The fourth-order valence-corrected chi connectivity index (χ4v) is 4.93. The van der Waals surface area contributed by atoms with E-state index in [1.807, 2.05) is 13.0 Å². The van der Waals surface area contributed by atoms with Crippen molar-refractivity contribution < 1.29 is 14.3 Å². The molecule has 2 aliphatic rings. The van der Waals surface area contributed by atoms with Gasteiger partial charge in [-0.05, 0) is 61.3 Å². The second-order valence-electron chi connectivity index (χ2n) is 6.40. The summed E-state index contributed by atoms with van der Waals surface area (Å²) in [5.74, 6) is 1.98. The number of carbonyl (C=O) groups excluding carboxylic acids is 1. The summed E-state index contributed by atoms with van der Waals surface area (Å²) in [6.07, 6.45) is 5.61.